The Morgan fingerprint density at radius 1 is 1.44 bits per heavy atom. The van der Waals surface area contributed by atoms with Crippen LogP contribution >= 0.6 is 0 Å². The van der Waals surface area contributed by atoms with Gasteiger partial charge >= 0.3 is 0 Å². The van der Waals surface area contributed by atoms with Crippen molar-refractivity contribution in [3.63, 3.8) is 0 Å². The minimum absolute atomic E-state index is 0.175. The lowest BCUT2D eigenvalue weighted by molar-refractivity contribution is 0.421. The van der Waals surface area contributed by atoms with Crippen LogP contribution in [0.1, 0.15) is 42.9 Å². The summed E-state index contributed by atoms with van der Waals surface area (Å²) in [6.45, 7) is 2.24. The van der Waals surface area contributed by atoms with Crippen LogP contribution in [0.5, 0.6) is 0 Å². The second-order valence-corrected chi connectivity index (χ2v) is 5.08. The fraction of sp³-hybridized carbons (Fsp3) is 0.400. The van der Waals surface area contributed by atoms with Crippen molar-refractivity contribution in [3.8, 4) is 0 Å². The highest BCUT2D eigenvalue weighted by molar-refractivity contribution is 5.22. The average molecular weight is 244 g/mol. The van der Waals surface area contributed by atoms with Gasteiger partial charge in [0.05, 0.1) is 0 Å². The summed E-state index contributed by atoms with van der Waals surface area (Å²) in [6.07, 6.45) is 6.25. The number of benzene rings is 1. The summed E-state index contributed by atoms with van der Waals surface area (Å²) in [4.78, 5) is 4.51. The first-order valence-corrected chi connectivity index (χ1v) is 6.53. The van der Waals surface area contributed by atoms with E-state index in [4.69, 9.17) is 0 Å². The maximum absolute atomic E-state index is 13.2. The molecule has 0 spiro atoms. The van der Waals surface area contributed by atoms with E-state index in [2.05, 4.69) is 16.5 Å². The molecule has 2 heterocycles. The first-order chi connectivity index (χ1) is 8.74. The number of halogens is 1. The Bertz CT molecular complexity index is 559. The minimum atomic E-state index is -0.175. The fourth-order valence-electron chi connectivity index (χ4n) is 2.83. The van der Waals surface area contributed by atoms with Gasteiger partial charge in [-0.3, -0.25) is 0 Å². The third-order valence-electron chi connectivity index (χ3n) is 3.70. The Balaban J connectivity index is 1.92. The highest BCUT2D eigenvalue weighted by Gasteiger charge is 2.19. The van der Waals surface area contributed by atoms with Gasteiger partial charge in [-0.1, -0.05) is 12.1 Å². The van der Waals surface area contributed by atoms with E-state index in [1.807, 2.05) is 12.3 Å². The zero-order valence-corrected chi connectivity index (χ0v) is 10.6. The molecule has 0 radical (unpaired) electrons. The lowest BCUT2D eigenvalue weighted by Crippen LogP contribution is -2.17. The Kier molecular flexibility index (Phi) is 2.90. The number of hydrogen-bond donors (Lipinski definition) is 0. The van der Waals surface area contributed by atoms with Crippen molar-refractivity contribution in [2.45, 2.75) is 38.6 Å². The van der Waals surface area contributed by atoms with Gasteiger partial charge in [-0.2, -0.15) is 0 Å². The average Bonchev–Trinajstić information content (AvgIpc) is 2.74. The van der Waals surface area contributed by atoms with Crippen LogP contribution in [0.2, 0.25) is 0 Å². The third-order valence-corrected chi connectivity index (χ3v) is 3.70. The number of imidazole rings is 1. The molecular weight excluding hydrogens is 227 g/mol. The van der Waals surface area contributed by atoms with Gasteiger partial charge in [-0.05, 0) is 43.9 Å². The summed E-state index contributed by atoms with van der Waals surface area (Å²) in [5, 5.41) is 0. The molecule has 1 atom stereocenters. The van der Waals surface area contributed by atoms with Crippen LogP contribution in [0.25, 0.3) is 0 Å². The molecule has 0 aliphatic carbocycles. The van der Waals surface area contributed by atoms with Crippen molar-refractivity contribution in [3.05, 3.63) is 53.4 Å². The number of rotatable bonds is 2. The Hall–Kier alpha value is -1.64. The minimum Gasteiger partial charge on any atom is -0.329 e. The molecule has 0 amide bonds. The number of fused-ring (bicyclic) bond motifs is 1. The normalized spacial score (nSPS) is 18.7. The van der Waals surface area contributed by atoms with Crippen molar-refractivity contribution in [2.75, 3.05) is 0 Å². The zero-order chi connectivity index (χ0) is 12.5. The van der Waals surface area contributed by atoms with Crippen LogP contribution in [-0.4, -0.2) is 9.55 Å². The van der Waals surface area contributed by atoms with Crippen LogP contribution in [0.3, 0.4) is 0 Å². The van der Waals surface area contributed by atoms with E-state index in [1.165, 1.54) is 24.6 Å². The van der Waals surface area contributed by atoms with Crippen LogP contribution in [0.15, 0.2) is 30.5 Å². The topological polar surface area (TPSA) is 17.8 Å². The number of aryl methyl sites for hydroxylation is 1. The predicted octanol–water partition coefficient (Wildman–Crippen LogP) is 3.51. The van der Waals surface area contributed by atoms with Gasteiger partial charge in [-0.25, -0.2) is 9.37 Å². The molecular formula is C15H17FN2. The van der Waals surface area contributed by atoms with E-state index in [0.717, 1.165) is 17.8 Å². The van der Waals surface area contributed by atoms with Crippen molar-refractivity contribution in [1.82, 2.24) is 9.55 Å². The summed E-state index contributed by atoms with van der Waals surface area (Å²) >= 11 is 0. The number of nitrogens with zero attached hydrogens (tertiary/aromatic N) is 2. The van der Waals surface area contributed by atoms with Gasteiger partial charge < -0.3 is 4.57 Å². The van der Waals surface area contributed by atoms with Crippen LogP contribution in [-0.2, 0) is 12.8 Å². The molecule has 1 aliphatic rings. The molecule has 1 aromatic carbocycles. The summed E-state index contributed by atoms with van der Waals surface area (Å²) in [5.41, 5.74) is 2.31. The molecule has 0 saturated carbocycles. The Morgan fingerprint density at radius 3 is 3.17 bits per heavy atom. The molecule has 3 heteroatoms. The first kappa shape index (κ1) is 11.5. The van der Waals surface area contributed by atoms with Crippen molar-refractivity contribution in [1.29, 1.82) is 0 Å². The van der Waals surface area contributed by atoms with E-state index in [0.29, 0.717) is 12.5 Å². The molecule has 0 fully saturated rings. The van der Waals surface area contributed by atoms with Crippen LogP contribution in [0.4, 0.5) is 4.39 Å². The zero-order valence-electron chi connectivity index (χ0n) is 10.6. The van der Waals surface area contributed by atoms with E-state index in [9.17, 15) is 4.39 Å². The van der Waals surface area contributed by atoms with Crippen molar-refractivity contribution in [2.24, 2.45) is 0 Å². The highest BCUT2D eigenvalue weighted by atomic mass is 19.1. The monoisotopic (exact) mass is 244 g/mol. The number of aromatic nitrogens is 2. The van der Waals surface area contributed by atoms with Gasteiger partial charge in [0.15, 0.2) is 0 Å². The van der Waals surface area contributed by atoms with Crippen LogP contribution in [0, 0.1) is 5.82 Å². The molecule has 1 aliphatic heterocycles. The SMILES string of the molecule is CC1CCCc2cnc(Cc3cccc(F)c3)n21. The lowest BCUT2D eigenvalue weighted by atomic mass is 10.0. The Labute approximate surface area is 106 Å². The summed E-state index contributed by atoms with van der Waals surface area (Å²) in [7, 11) is 0. The molecule has 94 valence electrons. The molecule has 0 bridgehead atoms. The fourth-order valence-corrected chi connectivity index (χ4v) is 2.83. The predicted molar refractivity (Wildman–Crippen MR) is 69.1 cm³/mol. The standard InChI is InChI=1S/C15H17FN2/c1-11-4-2-7-14-10-17-15(18(11)14)9-12-5-3-6-13(16)8-12/h3,5-6,8,10-11H,2,4,7,9H2,1H3. The molecule has 0 N–H and O–H groups in total. The second kappa shape index (κ2) is 4.56. The van der Waals surface area contributed by atoms with Gasteiger partial charge in [-0.15, -0.1) is 0 Å². The van der Waals surface area contributed by atoms with Gasteiger partial charge in [0.2, 0.25) is 0 Å². The van der Waals surface area contributed by atoms with Gasteiger partial charge in [0, 0.05) is 24.4 Å². The molecule has 1 unspecified atom stereocenters. The molecule has 2 aromatic rings. The van der Waals surface area contributed by atoms with E-state index in [-0.39, 0.29) is 5.82 Å². The van der Waals surface area contributed by atoms with E-state index >= 15 is 0 Å². The molecule has 1 aromatic heterocycles. The van der Waals surface area contributed by atoms with Gasteiger partial charge in [0.25, 0.3) is 0 Å². The number of hydrogen-bond acceptors (Lipinski definition) is 1. The summed E-state index contributed by atoms with van der Waals surface area (Å²) in [5.74, 6) is 0.883. The summed E-state index contributed by atoms with van der Waals surface area (Å²) < 4.78 is 15.5. The molecule has 0 saturated heterocycles. The highest BCUT2D eigenvalue weighted by Crippen LogP contribution is 2.27. The van der Waals surface area contributed by atoms with Crippen molar-refractivity contribution >= 4 is 0 Å². The smallest absolute Gasteiger partial charge is 0.123 e. The van der Waals surface area contributed by atoms with Crippen LogP contribution < -0.4 is 0 Å². The summed E-state index contributed by atoms with van der Waals surface area (Å²) in [6, 6.07) is 7.30. The van der Waals surface area contributed by atoms with Gasteiger partial charge in [0.1, 0.15) is 11.6 Å². The second-order valence-electron chi connectivity index (χ2n) is 5.08. The van der Waals surface area contributed by atoms with E-state index in [1.54, 1.807) is 12.1 Å². The van der Waals surface area contributed by atoms with E-state index < -0.39 is 0 Å². The third kappa shape index (κ3) is 2.05. The Morgan fingerprint density at radius 2 is 2.33 bits per heavy atom. The lowest BCUT2D eigenvalue weighted by Gasteiger charge is -2.24. The largest absolute Gasteiger partial charge is 0.329 e. The molecule has 3 rings (SSSR count). The quantitative estimate of drug-likeness (QED) is 0.790. The molecule has 18 heavy (non-hydrogen) atoms. The maximum atomic E-state index is 13.2. The first-order valence-electron chi connectivity index (χ1n) is 6.53. The van der Waals surface area contributed by atoms with Crippen molar-refractivity contribution < 1.29 is 4.39 Å². The maximum Gasteiger partial charge on any atom is 0.123 e. The molecule has 2 nitrogen and oxygen atoms in total.